The molecule has 0 N–H and O–H groups in total. The van der Waals surface area contributed by atoms with Crippen molar-refractivity contribution in [2.45, 2.75) is 6.92 Å². The average molecular weight is 205 g/mol. The molecule has 0 atom stereocenters. The molecule has 1 radical (unpaired) electrons. The summed E-state index contributed by atoms with van der Waals surface area (Å²) in [6.07, 6.45) is 4.42. The van der Waals surface area contributed by atoms with Crippen LogP contribution in [-0.2, 0) is 4.74 Å². The van der Waals surface area contributed by atoms with E-state index >= 15 is 0 Å². The van der Waals surface area contributed by atoms with Crippen LogP contribution in [0.1, 0.15) is 17.3 Å². The summed E-state index contributed by atoms with van der Waals surface area (Å²) in [7, 11) is 1.58. The first-order chi connectivity index (χ1) is 7.27. The van der Waals surface area contributed by atoms with E-state index in [0.29, 0.717) is 11.3 Å². The Balaban J connectivity index is 2.58. The summed E-state index contributed by atoms with van der Waals surface area (Å²) in [5.74, 6) is 0.373. The van der Waals surface area contributed by atoms with Crippen LogP contribution < -0.4 is 4.74 Å². The third-order valence-electron chi connectivity index (χ3n) is 1.83. The Morgan fingerprint density at radius 1 is 1.40 bits per heavy atom. The lowest BCUT2D eigenvalue weighted by atomic mass is 10.2. The van der Waals surface area contributed by atoms with Gasteiger partial charge in [0.2, 0.25) is 0 Å². The number of rotatable bonds is 4. The molecule has 0 aliphatic carbocycles. The Hall–Kier alpha value is -1.77. The van der Waals surface area contributed by atoms with Crippen LogP contribution in [0.25, 0.3) is 0 Å². The van der Waals surface area contributed by atoms with Crippen molar-refractivity contribution in [3.8, 4) is 5.75 Å². The summed E-state index contributed by atoms with van der Waals surface area (Å²) in [5, 5.41) is 0. The van der Waals surface area contributed by atoms with Gasteiger partial charge in [0.25, 0.3) is 0 Å². The highest BCUT2D eigenvalue weighted by atomic mass is 16.5. The molecule has 0 unspecified atom stereocenters. The van der Waals surface area contributed by atoms with E-state index in [4.69, 9.17) is 9.47 Å². The minimum absolute atomic E-state index is 0.251. The smallest absolute Gasteiger partial charge is 0.338 e. The molecule has 0 amide bonds. The van der Waals surface area contributed by atoms with Crippen LogP contribution in [0.4, 0.5) is 0 Å². The molecule has 0 saturated heterocycles. The first-order valence-electron chi connectivity index (χ1n) is 4.58. The minimum atomic E-state index is -0.343. The predicted molar refractivity (Wildman–Crippen MR) is 56.8 cm³/mol. The first kappa shape index (κ1) is 11.3. The van der Waals surface area contributed by atoms with Gasteiger partial charge in [-0.05, 0) is 43.3 Å². The molecule has 15 heavy (non-hydrogen) atoms. The van der Waals surface area contributed by atoms with Crippen molar-refractivity contribution in [1.29, 1.82) is 0 Å². The maximum atomic E-state index is 11.4. The van der Waals surface area contributed by atoms with Gasteiger partial charge in [-0.2, -0.15) is 0 Å². The van der Waals surface area contributed by atoms with Gasteiger partial charge in [-0.15, -0.1) is 0 Å². The summed E-state index contributed by atoms with van der Waals surface area (Å²) >= 11 is 0. The first-order valence-corrected chi connectivity index (χ1v) is 4.58. The van der Waals surface area contributed by atoms with Crippen LogP contribution in [0, 0.1) is 6.08 Å². The lowest BCUT2D eigenvalue weighted by molar-refractivity contribution is 0.0549. The van der Waals surface area contributed by atoms with Gasteiger partial charge < -0.3 is 9.47 Å². The zero-order valence-corrected chi connectivity index (χ0v) is 8.82. The summed E-state index contributed by atoms with van der Waals surface area (Å²) in [6, 6.07) is 6.78. The van der Waals surface area contributed by atoms with Crippen LogP contribution in [0.3, 0.4) is 0 Å². The Bertz CT molecular complexity index is 338. The standard InChI is InChI=1S/C12H13O3/c1-3-4-9-15-12(13)10-5-7-11(14-2)8-6-10/h4-8H,9H2,1-2H3. The number of esters is 1. The van der Waals surface area contributed by atoms with Crippen molar-refractivity contribution in [1.82, 2.24) is 0 Å². The fourth-order valence-electron chi connectivity index (χ4n) is 1.01. The minimum Gasteiger partial charge on any atom is -0.497 e. The Morgan fingerprint density at radius 2 is 2.07 bits per heavy atom. The summed E-state index contributed by atoms with van der Waals surface area (Å²) < 4.78 is 9.92. The Kier molecular flexibility index (Phi) is 4.41. The maximum Gasteiger partial charge on any atom is 0.338 e. The lowest BCUT2D eigenvalue weighted by Gasteiger charge is -2.03. The van der Waals surface area contributed by atoms with Crippen molar-refractivity contribution in [3.63, 3.8) is 0 Å². The number of carbonyl (C=O) groups excluding carboxylic acids is 1. The molecule has 0 aliphatic rings. The van der Waals surface area contributed by atoms with Crippen LogP contribution >= 0.6 is 0 Å². The molecule has 3 heteroatoms. The number of ether oxygens (including phenoxy) is 2. The van der Waals surface area contributed by atoms with E-state index in [9.17, 15) is 4.79 Å². The number of hydrogen-bond donors (Lipinski definition) is 0. The van der Waals surface area contributed by atoms with Crippen LogP contribution in [0.15, 0.2) is 30.3 Å². The molecule has 3 nitrogen and oxygen atoms in total. The third kappa shape index (κ3) is 3.46. The SMILES string of the molecule is C/[C]=C\COC(=O)c1ccc(OC)cc1. The second kappa shape index (κ2) is 5.86. The zero-order chi connectivity index (χ0) is 11.1. The van der Waals surface area contributed by atoms with Gasteiger partial charge in [-0.25, -0.2) is 4.79 Å². The number of allylic oxidation sites excluding steroid dienone is 1. The fraction of sp³-hybridized carbons (Fsp3) is 0.250. The van der Waals surface area contributed by atoms with Crippen molar-refractivity contribution in [3.05, 3.63) is 42.0 Å². The molecule has 0 aromatic heterocycles. The lowest BCUT2D eigenvalue weighted by Crippen LogP contribution is -2.04. The number of benzene rings is 1. The molecule has 1 aromatic rings. The molecule has 0 heterocycles. The molecule has 0 aliphatic heterocycles. The van der Waals surface area contributed by atoms with Crippen molar-refractivity contribution >= 4 is 5.97 Å². The van der Waals surface area contributed by atoms with Crippen molar-refractivity contribution < 1.29 is 14.3 Å². The molecular formula is C12H13O3. The fourth-order valence-corrected chi connectivity index (χ4v) is 1.01. The molecule has 0 spiro atoms. The topological polar surface area (TPSA) is 35.5 Å². The maximum absolute atomic E-state index is 11.4. The van der Waals surface area contributed by atoms with Crippen molar-refractivity contribution in [2.24, 2.45) is 0 Å². The van der Waals surface area contributed by atoms with Gasteiger partial charge in [0.1, 0.15) is 12.4 Å². The zero-order valence-electron chi connectivity index (χ0n) is 8.82. The van der Waals surface area contributed by atoms with E-state index < -0.39 is 0 Å². The second-order valence-electron chi connectivity index (χ2n) is 2.82. The number of methoxy groups -OCH3 is 1. The van der Waals surface area contributed by atoms with Gasteiger partial charge in [-0.3, -0.25) is 0 Å². The second-order valence-corrected chi connectivity index (χ2v) is 2.82. The molecule has 0 bridgehead atoms. The predicted octanol–water partition coefficient (Wildman–Crippen LogP) is 2.23. The van der Waals surface area contributed by atoms with E-state index in [1.165, 1.54) is 0 Å². The number of hydrogen-bond acceptors (Lipinski definition) is 3. The highest BCUT2D eigenvalue weighted by molar-refractivity contribution is 5.89. The van der Waals surface area contributed by atoms with E-state index in [-0.39, 0.29) is 12.6 Å². The summed E-state index contributed by atoms with van der Waals surface area (Å²) in [4.78, 5) is 11.4. The van der Waals surface area contributed by atoms with Gasteiger partial charge in [-0.1, -0.05) is 0 Å². The van der Waals surface area contributed by atoms with Crippen LogP contribution in [0.5, 0.6) is 5.75 Å². The summed E-state index contributed by atoms with van der Waals surface area (Å²) in [5.41, 5.74) is 0.514. The van der Waals surface area contributed by atoms with E-state index in [1.807, 2.05) is 0 Å². The van der Waals surface area contributed by atoms with Gasteiger partial charge in [0.15, 0.2) is 0 Å². The van der Waals surface area contributed by atoms with E-state index in [1.54, 1.807) is 44.4 Å². The highest BCUT2D eigenvalue weighted by Gasteiger charge is 2.05. The molecule has 79 valence electrons. The monoisotopic (exact) mass is 205 g/mol. The van der Waals surface area contributed by atoms with Crippen molar-refractivity contribution in [2.75, 3.05) is 13.7 Å². The third-order valence-corrected chi connectivity index (χ3v) is 1.83. The molecule has 1 rings (SSSR count). The largest absolute Gasteiger partial charge is 0.497 e. The Morgan fingerprint density at radius 3 is 2.60 bits per heavy atom. The number of carbonyl (C=O) groups is 1. The quantitative estimate of drug-likeness (QED) is 0.707. The van der Waals surface area contributed by atoms with E-state index in [2.05, 4.69) is 6.08 Å². The van der Waals surface area contributed by atoms with Crippen LogP contribution in [-0.4, -0.2) is 19.7 Å². The average Bonchev–Trinajstić information content (AvgIpc) is 2.29. The van der Waals surface area contributed by atoms with Gasteiger partial charge in [0.05, 0.1) is 12.7 Å². The summed E-state index contributed by atoms with van der Waals surface area (Å²) in [6.45, 7) is 2.00. The molecule has 0 fully saturated rings. The van der Waals surface area contributed by atoms with Crippen LogP contribution in [0.2, 0.25) is 0 Å². The van der Waals surface area contributed by atoms with Gasteiger partial charge >= 0.3 is 5.97 Å². The highest BCUT2D eigenvalue weighted by Crippen LogP contribution is 2.11. The Labute approximate surface area is 89.3 Å². The normalized spacial score (nSPS) is 10.3. The van der Waals surface area contributed by atoms with Gasteiger partial charge in [0, 0.05) is 0 Å². The molecular weight excluding hydrogens is 192 g/mol. The molecule has 1 aromatic carbocycles. The van der Waals surface area contributed by atoms with E-state index in [0.717, 1.165) is 0 Å². The molecule has 0 saturated carbocycles.